The van der Waals surface area contributed by atoms with Gasteiger partial charge >= 0.3 is 11.9 Å². The fourth-order valence-electron chi connectivity index (χ4n) is 4.92. The van der Waals surface area contributed by atoms with E-state index >= 15 is 0 Å². The molecule has 0 heterocycles. The van der Waals surface area contributed by atoms with E-state index in [1.54, 1.807) is 6.08 Å². The topological polar surface area (TPSA) is 100 Å². The number of rotatable bonds is 9. The Bertz CT molecular complexity index is 663. The van der Waals surface area contributed by atoms with E-state index in [2.05, 4.69) is 32.6 Å². The molecule has 0 bridgehead atoms. The molecule has 172 valence electrons. The van der Waals surface area contributed by atoms with Crippen LogP contribution in [0.3, 0.4) is 0 Å². The van der Waals surface area contributed by atoms with Gasteiger partial charge in [-0.3, -0.25) is 9.59 Å². The third-order valence-electron chi connectivity index (χ3n) is 6.52. The normalized spacial score (nSPS) is 29.1. The molecule has 2 saturated carbocycles. The lowest BCUT2D eigenvalue weighted by atomic mass is 9.98. The highest BCUT2D eigenvalue weighted by Crippen LogP contribution is 2.40. The molecule has 6 atom stereocenters. The smallest absolute Gasteiger partial charge is 0.309 e. The number of carbonyl (C=O) groups is 2. The van der Waals surface area contributed by atoms with E-state index in [9.17, 15) is 9.59 Å². The van der Waals surface area contributed by atoms with Gasteiger partial charge in [-0.25, -0.2) is 0 Å². The summed E-state index contributed by atoms with van der Waals surface area (Å²) < 4.78 is 10.1. The highest BCUT2D eigenvalue weighted by atomic mass is 16.5. The van der Waals surface area contributed by atoms with E-state index in [-0.39, 0.29) is 23.8 Å². The van der Waals surface area contributed by atoms with Crippen LogP contribution in [0.5, 0.6) is 0 Å². The highest BCUT2D eigenvalue weighted by Gasteiger charge is 2.37. The molecule has 6 unspecified atom stereocenters. The Labute approximate surface area is 187 Å². The molecule has 0 aromatic heterocycles. The second kappa shape index (κ2) is 14.6. The number of carbonyl (C=O) groups excluding carboxylic acids is 2. The molecule has 2 fully saturated rings. The molecular formula is C25H38N2O4. The molecule has 0 aromatic carbocycles. The summed E-state index contributed by atoms with van der Waals surface area (Å²) in [5.74, 6) is 1.76. The second-order valence-electron chi connectivity index (χ2n) is 8.91. The van der Waals surface area contributed by atoms with Crippen LogP contribution in [0.4, 0.5) is 0 Å². The molecule has 31 heavy (non-hydrogen) atoms. The minimum absolute atomic E-state index is 0.0173. The molecule has 2 rings (SSSR count). The summed E-state index contributed by atoms with van der Waals surface area (Å²) in [6, 6.07) is 4.32. The predicted octanol–water partition coefficient (Wildman–Crippen LogP) is 5.20. The predicted molar refractivity (Wildman–Crippen MR) is 118 cm³/mol. The summed E-state index contributed by atoms with van der Waals surface area (Å²) in [6.45, 7) is 10.3. The van der Waals surface area contributed by atoms with Crippen LogP contribution in [-0.4, -0.2) is 25.2 Å². The van der Waals surface area contributed by atoms with Crippen molar-refractivity contribution in [1.82, 2.24) is 0 Å². The molecule has 0 saturated heterocycles. The molecule has 6 nitrogen and oxygen atoms in total. The van der Waals surface area contributed by atoms with Gasteiger partial charge in [0.2, 0.25) is 0 Å². The van der Waals surface area contributed by atoms with E-state index in [0.29, 0.717) is 49.7 Å². The number of hydrogen-bond acceptors (Lipinski definition) is 6. The zero-order chi connectivity index (χ0) is 23.2. The maximum Gasteiger partial charge on any atom is 0.309 e. The van der Waals surface area contributed by atoms with Gasteiger partial charge in [-0.2, -0.15) is 10.5 Å². The summed E-state index contributed by atoms with van der Waals surface area (Å²) in [4.78, 5) is 23.3. The molecule has 0 aromatic rings. The van der Waals surface area contributed by atoms with Crippen LogP contribution in [0.2, 0.25) is 0 Å². The Morgan fingerprint density at radius 3 is 1.74 bits per heavy atom. The molecule has 0 spiro atoms. The van der Waals surface area contributed by atoms with Crippen LogP contribution in [0.25, 0.3) is 0 Å². The van der Waals surface area contributed by atoms with E-state index in [1.165, 1.54) is 0 Å². The third kappa shape index (κ3) is 9.13. The molecule has 0 aliphatic heterocycles. The van der Waals surface area contributed by atoms with Crippen LogP contribution < -0.4 is 0 Å². The number of hydrogen-bond donors (Lipinski definition) is 0. The fraction of sp³-hybridized carbons (Fsp3) is 0.760. The van der Waals surface area contributed by atoms with Gasteiger partial charge in [0.25, 0.3) is 0 Å². The van der Waals surface area contributed by atoms with Gasteiger partial charge < -0.3 is 9.47 Å². The van der Waals surface area contributed by atoms with Crippen LogP contribution in [0.1, 0.15) is 72.1 Å². The van der Waals surface area contributed by atoms with Crippen molar-refractivity contribution >= 4 is 11.9 Å². The number of nitrogens with zero attached hydrogens (tertiary/aromatic N) is 2. The van der Waals surface area contributed by atoms with Gasteiger partial charge in [-0.1, -0.05) is 26.5 Å². The Morgan fingerprint density at radius 1 is 0.903 bits per heavy atom. The van der Waals surface area contributed by atoms with Crippen LogP contribution in [0, 0.1) is 58.2 Å². The zero-order valence-corrected chi connectivity index (χ0v) is 19.3. The average Bonchev–Trinajstić information content (AvgIpc) is 3.31. The van der Waals surface area contributed by atoms with Crippen molar-refractivity contribution in [3.05, 3.63) is 12.7 Å². The lowest BCUT2D eigenvalue weighted by molar-refractivity contribution is -0.149. The summed E-state index contributed by atoms with van der Waals surface area (Å²) in [7, 11) is 0. The van der Waals surface area contributed by atoms with E-state index < -0.39 is 0 Å². The highest BCUT2D eigenvalue weighted by molar-refractivity contribution is 5.73. The first-order valence-corrected chi connectivity index (χ1v) is 11.6. The monoisotopic (exact) mass is 430 g/mol. The number of esters is 2. The Hall–Kier alpha value is -2.34. The standard InChI is InChI=1S/C13H19NO2.C12H19NO2/c1-3-7-16-13(15)12-9-11(5-4-6-14)8-10(12)2;1-3-15-12(14)11-8-10(5-4-6-13)7-9(11)2/h3,10-12H,1,4-5,7-9H2,2H3;9-11H,3-5,7-8H2,1-2H3. The van der Waals surface area contributed by atoms with Gasteiger partial charge in [0, 0.05) is 12.8 Å². The van der Waals surface area contributed by atoms with Crippen LogP contribution in [-0.2, 0) is 19.1 Å². The van der Waals surface area contributed by atoms with Crippen molar-refractivity contribution in [2.45, 2.75) is 72.1 Å². The molecule has 2 aliphatic rings. The minimum atomic E-state index is -0.105. The Morgan fingerprint density at radius 2 is 1.35 bits per heavy atom. The van der Waals surface area contributed by atoms with Crippen molar-refractivity contribution < 1.29 is 19.1 Å². The van der Waals surface area contributed by atoms with Crippen molar-refractivity contribution in [1.29, 1.82) is 10.5 Å². The van der Waals surface area contributed by atoms with Gasteiger partial charge in [0.05, 0.1) is 30.6 Å². The average molecular weight is 431 g/mol. The summed E-state index contributed by atoms with van der Waals surface area (Å²) >= 11 is 0. The summed E-state index contributed by atoms with van der Waals surface area (Å²) in [5, 5.41) is 17.0. The first kappa shape index (κ1) is 26.7. The molecule has 0 radical (unpaired) electrons. The lowest BCUT2D eigenvalue weighted by Crippen LogP contribution is -2.20. The number of ether oxygens (including phenoxy) is 2. The zero-order valence-electron chi connectivity index (χ0n) is 19.3. The van der Waals surface area contributed by atoms with Gasteiger partial charge in [0.1, 0.15) is 6.61 Å². The van der Waals surface area contributed by atoms with Gasteiger partial charge in [0.15, 0.2) is 0 Å². The largest absolute Gasteiger partial charge is 0.466 e. The first-order valence-electron chi connectivity index (χ1n) is 11.6. The lowest BCUT2D eigenvalue weighted by Gasteiger charge is -2.12. The summed E-state index contributed by atoms with van der Waals surface area (Å²) in [5.41, 5.74) is 0. The van der Waals surface area contributed by atoms with E-state index in [0.717, 1.165) is 38.5 Å². The molecule has 2 aliphatic carbocycles. The fourth-order valence-corrected chi connectivity index (χ4v) is 4.92. The van der Waals surface area contributed by atoms with Crippen LogP contribution in [0.15, 0.2) is 12.7 Å². The SMILES string of the molecule is C=CCOC(=O)C1CC(CCC#N)CC1C.CCOC(=O)C1CC(CCC#N)CC1C. The van der Waals surface area contributed by atoms with Gasteiger partial charge in [-0.05, 0) is 69.1 Å². The second-order valence-corrected chi connectivity index (χ2v) is 8.91. The van der Waals surface area contributed by atoms with E-state index in [1.807, 2.05) is 6.92 Å². The molecule has 6 heteroatoms. The molecule has 0 amide bonds. The van der Waals surface area contributed by atoms with Crippen molar-refractivity contribution in [2.24, 2.45) is 35.5 Å². The molecule has 0 N–H and O–H groups in total. The quantitative estimate of drug-likeness (QED) is 0.368. The number of nitriles is 2. The first-order chi connectivity index (χ1) is 14.9. The third-order valence-corrected chi connectivity index (χ3v) is 6.52. The van der Waals surface area contributed by atoms with Crippen molar-refractivity contribution in [3.8, 4) is 12.1 Å². The Balaban J connectivity index is 0.000000311. The minimum Gasteiger partial charge on any atom is -0.466 e. The Kier molecular flexibility index (Phi) is 12.6. The van der Waals surface area contributed by atoms with Crippen LogP contribution >= 0.6 is 0 Å². The van der Waals surface area contributed by atoms with E-state index in [4.69, 9.17) is 20.0 Å². The van der Waals surface area contributed by atoms with Gasteiger partial charge in [-0.15, -0.1) is 0 Å². The van der Waals surface area contributed by atoms with Crippen molar-refractivity contribution in [2.75, 3.05) is 13.2 Å². The molecular weight excluding hydrogens is 392 g/mol. The van der Waals surface area contributed by atoms with Crippen molar-refractivity contribution in [3.63, 3.8) is 0 Å². The maximum absolute atomic E-state index is 11.7. The maximum atomic E-state index is 11.7. The summed E-state index contributed by atoms with van der Waals surface area (Å²) in [6.07, 6.45) is 8.49.